The van der Waals surface area contributed by atoms with E-state index in [0.717, 1.165) is 37.4 Å². The molecule has 3 N–H and O–H groups in total. The van der Waals surface area contributed by atoms with Crippen molar-refractivity contribution in [1.82, 2.24) is 30.5 Å². The van der Waals surface area contributed by atoms with Crippen LogP contribution in [0.5, 0.6) is 0 Å². The summed E-state index contributed by atoms with van der Waals surface area (Å²) < 4.78 is 7.33. The van der Waals surface area contributed by atoms with E-state index in [4.69, 9.17) is 4.74 Å². The number of guanidine groups is 1. The largest absolute Gasteiger partial charge is 0.444 e. The number of carbonyl (C=O) groups is 1. The van der Waals surface area contributed by atoms with Gasteiger partial charge in [-0.2, -0.15) is 0 Å². The lowest BCUT2D eigenvalue weighted by Crippen LogP contribution is -2.49. The van der Waals surface area contributed by atoms with E-state index in [1.807, 2.05) is 70.3 Å². The van der Waals surface area contributed by atoms with E-state index >= 15 is 0 Å². The molecule has 2 aromatic heterocycles. The smallest absolute Gasteiger partial charge is 0.408 e. The molecular weight excluding hydrogens is 509 g/mol. The van der Waals surface area contributed by atoms with E-state index in [9.17, 15) is 4.79 Å². The molecule has 0 saturated heterocycles. The number of alkyl carbamates (subject to hydrolysis) is 1. The Morgan fingerprint density at radius 3 is 2.58 bits per heavy atom. The second kappa shape index (κ2) is 12.1. The van der Waals surface area contributed by atoms with Crippen molar-refractivity contribution in [3.63, 3.8) is 0 Å². The summed E-state index contributed by atoms with van der Waals surface area (Å²) in [5.74, 6) is 1.65. The van der Waals surface area contributed by atoms with E-state index in [1.165, 1.54) is 0 Å². The highest BCUT2D eigenvalue weighted by atomic mass is 127. The van der Waals surface area contributed by atoms with Gasteiger partial charge >= 0.3 is 6.09 Å². The maximum atomic E-state index is 12.0. The van der Waals surface area contributed by atoms with Crippen molar-refractivity contribution in [2.24, 2.45) is 4.99 Å². The third-order valence-corrected chi connectivity index (χ3v) is 4.07. The minimum atomic E-state index is -0.537. The molecule has 0 aromatic carbocycles. The van der Waals surface area contributed by atoms with Crippen LogP contribution in [-0.2, 0) is 11.2 Å². The van der Waals surface area contributed by atoms with Gasteiger partial charge in [0.2, 0.25) is 0 Å². The van der Waals surface area contributed by atoms with Crippen LogP contribution in [0.15, 0.2) is 29.4 Å². The Bertz CT molecular complexity index is 859. The van der Waals surface area contributed by atoms with Gasteiger partial charge in [-0.15, -0.1) is 34.2 Å². The van der Waals surface area contributed by atoms with Gasteiger partial charge in [0.05, 0.1) is 12.1 Å². The summed E-state index contributed by atoms with van der Waals surface area (Å²) in [6.07, 6.45) is 3.23. The molecule has 10 heteroatoms. The van der Waals surface area contributed by atoms with Gasteiger partial charge in [-0.25, -0.2) is 4.79 Å². The first-order chi connectivity index (χ1) is 14.1. The maximum Gasteiger partial charge on any atom is 0.408 e. The highest BCUT2D eigenvalue weighted by Gasteiger charge is 2.24. The summed E-state index contributed by atoms with van der Waals surface area (Å²) in [4.78, 5) is 16.6. The van der Waals surface area contributed by atoms with Crippen molar-refractivity contribution in [3.8, 4) is 0 Å². The van der Waals surface area contributed by atoms with E-state index < -0.39 is 17.2 Å². The molecule has 2 aromatic rings. The molecule has 0 atom stereocenters. The summed E-state index contributed by atoms with van der Waals surface area (Å²) in [7, 11) is 0. The van der Waals surface area contributed by atoms with Gasteiger partial charge in [0, 0.05) is 25.7 Å². The second-order valence-electron chi connectivity index (χ2n) is 8.78. The van der Waals surface area contributed by atoms with Crippen molar-refractivity contribution in [2.45, 2.75) is 65.5 Å². The predicted octanol–water partition coefficient (Wildman–Crippen LogP) is 3.14. The van der Waals surface area contributed by atoms with Crippen LogP contribution in [0.3, 0.4) is 0 Å². The number of aliphatic imine (C=N–C) groups is 1. The number of rotatable bonds is 8. The molecule has 9 nitrogen and oxygen atoms in total. The lowest BCUT2D eigenvalue weighted by atomic mass is 10.1. The minimum absolute atomic E-state index is 0. The SMILES string of the molecule is CCNC(=NCC(C)(C)NC(=O)OC(C)(C)C)NCCCc1nnc2ccccn12.I. The topological polar surface area (TPSA) is 105 Å². The Morgan fingerprint density at radius 1 is 1.16 bits per heavy atom. The van der Waals surface area contributed by atoms with Gasteiger partial charge in [-0.3, -0.25) is 9.39 Å². The number of nitrogens with zero attached hydrogens (tertiary/aromatic N) is 4. The Hall–Kier alpha value is -2.11. The summed E-state index contributed by atoms with van der Waals surface area (Å²) in [6.45, 7) is 13.3. The van der Waals surface area contributed by atoms with Gasteiger partial charge in [0.1, 0.15) is 11.4 Å². The first kappa shape index (κ1) is 26.9. The molecule has 0 aliphatic carbocycles. The van der Waals surface area contributed by atoms with Gasteiger partial charge in [-0.05, 0) is 60.1 Å². The summed E-state index contributed by atoms with van der Waals surface area (Å²) in [5.41, 5.74) is -0.212. The molecular formula is C21H36IN7O2. The number of aromatic nitrogens is 3. The average molecular weight is 545 g/mol. The van der Waals surface area contributed by atoms with Crippen LogP contribution in [0.1, 0.15) is 53.8 Å². The zero-order chi connectivity index (χ0) is 22.2. The molecule has 2 heterocycles. The monoisotopic (exact) mass is 545 g/mol. The van der Waals surface area contributed by atoms with E-state index in [1.54, 1.807) is 0 Å². The minimum Gasteiger partial charge on any atom is -0.444 e. The normalized spacial score (nSPS) is 12.3. The summed E-state index contributed by atoms with van der Waals surface area (Å²) in [6, 6.07) is 5.87. The zero-order valence-corrected chi connectivity index (χ0v) is 21.7. The van der Waals surface area contributed by atoms with E-state index in [0.29, 0.717) is 12.5 Å². The predicted molar refractivity (Wildman–Crippen MR) is 134 cm³/mol. The van der Waals surface area contributed by atoms with Crippen molar-refractivity contribution in [3.05, 3.63) is 30.2 Å². The number of fused-ring (bicyclic) bond motifs is 1. The van der Waals surface area contributed by atoms with Gasteiger partial charge in [0.15, 0.2) is 11.6 Å². The number of hydrogen-bond donors (Lipinski definition) is 3. The third kappa shape index (κ3) is 9.70. The fraction of sp³-hybridized carbons (Fsp3) is 0.619. The lowest BCUT2D eigenvalue weighted by Gasteiger charge is -2.27. The number of amides is 1. The molecule has 0 spiro atoms. The molecule has 31 heavy (non-hydrogen) atoms. The third-order valence-electron chi connectivity index (χ3n) is 4.07. The van der Waals surface area contributed by atoms with Crippen LogP contribution in [0.25, 0.3) is 5.65 Å². The number of halogens is 1. The van der Waals surface area contributed by atoms with Crippen LogP contribution < -0.4 is 16.0 Å². The van der Waals surface area contributed by atoms with Crippen LogP contribution in [0.2, 0.25) is 0 Å². The molecule has 0 aliphatic heterocycles. The Kier molecular flexibility index (Phi) is 10.5. The molecule has 0 aliphatic rings. The van der Waals surface area contributed by atoms with Crippen molar-refractivity contribution < 1.29 is 9.53 Å². The number of carbonyl (C=O) groups excluding carboxylic acids is 1. The quantitative estimate of drug-likeness (QED) is 0.204. The van der Waals surface area contributed by atoms with E-state index in [2.05, 4.69) is 31.1 Å². The first-order valence-electron chi connectivity index (χ1n) is 10.4. The Morgan fingerprint density at radius 2 is 1.90 bits per heavy atom. The standard InChI is InChI=1S/C21H35N7O2.HI/c1-7-22-18(24-15-21(5,6)25-19(29)30-20(2,3)4)23-13-10-12-17-27-26-16-11-8-9-14-28(16)17;/h8-9,11,14H,7,10,12-13,15H2,1-6H3,(H,25,29)(H2,22,23,24);1H. The molecule has 0 saturated carbocycles. The number of aryl methyl sites for hydroxylation is 1. The highest BCUT2D eigenvalue weighted by molar-refractivity contribution is 14.0. The Labute approximate surface area is 201 Å². The molecule has 0 fully saturated rings. The molecule has 0 radical (unpaired) electrons. The number of ether oxygens (including phenoxy) is 1. The lowest BCUT2D eigenvalue weighted by molar-refractivity contribution is 0.0476. The second-order valence-corrected chi connectivity index (χ2v) is 8.78. The van der Waals surface area contributed by atoms with Crippen LogP contribution in [0, 0.1) is 0 Å². The van der Waals surface area contributed by atoms with Crippen LogP contribution in [0.4, 0.5) is 4.79 Å². The van der Waals surface area contributed by atoms with Crippen molar-refractivity contribution in [1.29, 1.82) is 0 Å². The van der Waals surface area contributed by atoms with Crippen LogP contribution >= 0.6 is 24.0 Å². The molecule has 0 bridgehead atoms. The molecule has 2 rings (SSSR count). The Balaban J connectivity index is 0.00000480. The van der Waals surface area contributed by atoms with Gasteiger partial charge in [0.25, 0.3) is 0 Å². The average Bonchev–Trinajstić information content (AvgIpc) is 3.04. The summed E-state index contributed by atoms with van der Waals surface area (Å²) in [5, 5.41) is 17.9. The fourth-order valence-corrected chi connectivity index (χ4v) is 2.75. The van der Waals surface area contributed by atoms with Gasteiger partial charge < -0.3 is 20.7 Å². The van der Waals surface area contributed by atoms with Crippen LogP contribution in [-0.4, -0.2) is 57.4 Å². The highest BCUT2D eigenvalue weighted by Crippen LogP contribution is 2.10. The number of pyridine rings is 1. The maximum absolute atomic E-state index is 12.0. The first-order valence-corrected chi connectivity index (χ1v) is 10.4. The molecule has 1 amide bonds. The van der Waals surface area contributed by atoms with E-state index in [-0.39, 0.29) is 24.0 Å². The van der Waals surface area contributed by atoms with Gasteiger partial charge in [-0.1, -0.05) is 6.07 Å². The fourth-order valence-electron chi connectivity index (χ4n) is 2.75. The summed E-state index contributed by atoms with van der Waals surface area (Å²) >= 11 is 0. The molecule has 0 unspecified atom stereocenters. The number of nitrogens with one attached hydrogen (secondary N) is 3. The van der Waals surface area contributed by atoms with Crippen molar-refractivity contribution >= 4 is 41.7 Å². The van der Waals surface area contributed by atoms with Crippen molar-refractivity contribution in [2.75, 3.05) is 19.6 Å². The zero-order valence-electron chi connectivity index (χ0n) is 19.4. The number of hydrogen-bond acceptors (Lipinski definition) is 5. The molecule has 174 valence electrons.